The lowest BCUT2D eigenvalue weighted by atomic mass is 10.1. The van der Waals surface area contributed by atoms with Crippen LogP contribution in [0.5, 0.6) is 0 Å². The normalized spacial score (nSPS) is 10.4. The van der Waals surface area contributed by atoms with Crippen LogP contribution in [-0.4, -0.2) is 28.3 Å². The molecule has 0 aliphatic carbocycles. The van der Waals surface area contributed by atoms with Crippen molar-refractivity contribution in [3.8, 4) is 0 Å². The molecule has 7 nitrogen and oxygen atoms in total. The summed E-state index contributed by atoms with van der Waals surface area (Å²) in [6, 6.07) is 4.30. The second kappa shape index (κ2) is 6.14. The van der Waals surface area contributed by atoms with Crippen LogP contribution >= 0.6 is 0 Å². The van der Waals surface area contributed by atoms with Gasteiger partial charge in [0.15, 0.2) is 0 Å². The predicted molar refractivity (Wildman–Crippen MR) is 72.8 cm³/mol. The fourth-order valence-corrected chi connectivity index (χ4v) is 1.92. The lowest BCUT2D eigenvalue weighted by molar-refractivity contribution is -0.384. The van der Waals surface area contributed by atoms with E-state index in [1.165, 1.54) is 18.2 Å². The number of nitro benzene ring substituents is 1. The molecule has 0 saturated heterocycles. The van der Waals surface area contributed by atoms with Crippen LogP contribution in [0.3, 0.4) is 0 Å². The number of anilines is 1. The Morgan fingerprint density at radius 3 is 2.58 bits per heavy atom. The molecule has 0 aromatic heterocycles. The van der Waals surface area contributed by atoms with E-state index in [9.17, 15) is 14.9 Å². The molecule has 0 saturated carbocycles. The Kier molecular flexibility index (Phi) is 4.82. The van der Waals surface area contributed by atoms with Crippen molar-refractivity contribution in [1.82, 2.24) is 4.90 Å². The number of carbonyl (C=O) groups is 1. The van der Waals surface area contributed by atoms with Crippen LogP contribution in [0.25, 0.3) is 0 Å². The van der Waals surface area contributed by atoms with Gasteiger partial charge >= 0.3 is 0 Å². The van der Waals surface area contributed by atoms with E-state index in [1.807, 2.05) is 20.8 Å². The average Bonchev–Trinajstić information content (AvgIpc) is 2.37. The van der Waals surface area contributed by atoms with Crippen molar-refractivity contribution in [3.05, 3.63) is 33.9 Å². The minimum Gasteiger partial charge on any atom is -0.336 e. The number of nitrogens with one attached hydrogen (secondary N) is 1. The molecule has 0 spiro atoms. The van der Waals surface area contributed by atoms with Crippen LogP contribution in [0.2, 0.25) is 0 Å². The standard InChI is InChI=1S/C12H18N4O3/c1-4-15(8(2)3)12(17)9-6-5-7-10(16(18)19)11(9)14-13/h5-8,14H,4,13H2,1-3H3. The Balaban J connectivity index is 3.30. The Morgan fingerprint density at radius 2 is 2.16 bits per heavy atom. The molecule has 0 aliphatic rings. The molecule has 1 amide bonds. The summed E-state index contributed by atoms with van der Waals surface area (Å²) in [5.74, 6) is 5.04. The molecule has 19 heavy (non-hydrogen) atoms. The number of nitro groups is 1. The first-order valence-electron chi connectivity index (χ1n) is 5.99. The second-order valence-corrected chi connectivity index (χ2v) is 4.29. The Morgan fingerprint density at radius 1 is 1.53 bits per heavy atom. The molecule has 0 unspecified atom stereocenters. The Hall–Kier alpha value is -2.15. The van der Waals surface area contributed by atoms with Crippen molar-refractivity contribution in [3.63, 3.8) is 0 Å². The van der Waals surface area contributed by atoms with Crippen LogP contribution in [0.1, 0.15) is 31.1 Å². The lowest BCUT2D eigenvalue weighted by Crippen LogP contribution is -2.37. The summed E-state index contributed by atoms with van der Waals surface area (Å²) >= 11 is 0. The highest BCUT2D eigenvalue weighted by molar-refractivity contribution is 6.01. The van der Waals surface area contributed by atoms with E-state index in [1.54, 1.807) is 4.90 Å². The molecule has 0 fully saturated rings. The maximum absolute atomic E-state index is 12.4. The molecule has 0 heterocycles. The number of rotatable bonds is 5. The van der Waals surface area contributed by atoms with E-state index in [-0.39, 0.29) is 28.9 Å². The molecule has 1 aromatic carbocycles. The molecular formula is C12H18N4O3. The third kappa shape index (κ3) is 3.00. The predicted octanol–water partition coefficient (Wildman–Crippen LogP) is 1.75. The SMILES string of the molecule is CCN(C(=O)c1cccc([N+](=O)[O-])c1NN)C(C)C. The molecule has 7 heteroatoms. The van der Waals surface area contributed by atoms with Gasteiger partial charge < -0.3 is 10.3 Å². The van der Waals surface area contributed by atoms with E-state index in [0.717, 1.165) is 0 Å². The van der Waals surface area contributed by atoms with Crippen molar-refractivity contribution in [2.45, 2.75) is 26.8 Å². The van der Waals surface area contributed by atoms with Crippen molar-refractivity contribution in [2.24, 2.45) is 5.84 Å². The molecule has 104 valence electrons. The molecule has 0 aliphatic heterocycles. The summed E-state index contributed by atoms with van der Waals surface area (Å²) in [6.45, 7) is 6.14. The van der Waals surface area contributed by atoms with Gasteiger partial charge in [0.2, 0.25) is 0 Å². The van der Waals surface area contributed by atoms with Crippen molar-refractivity contribution < 1.29 is 9.72 Å². The summed E-state index contributed by atoms with van der Waals surface area (Å²) < 4.78 is 0. The molecule has 0 radical (unpaired) electrons. The topological polar surface area (TPSA) is 102 Å². The zero-order chi connectivity index (χ0) is 14.6. The first kappa shape index (κ1) is 14.9. The van der Waals surface area contributed by atoms with E-state index >= 15 is 0 Å². The van der Waals surface area contributed by atoms with Crippen LogP contribution in [-0.2, 0) is 0 Å². The van der Waals surface area contributed by atoms with E-state index in [4.69, 9.17) is 5.84 Å². The highest BCUT2D eigenvalue weighted by atomic mass is 16.6. The number of nitrogens with zero attached hydrogens (tertiary/aromatic N) is 2. The fraction of sp³-hybridized carbons (Fsp3) is 0.417. The van der Waals surface area contributed by atoms with Gasteiger partial charge in [0, 0.05) is 18.7 Å². The third-order valence-corrected chi connectivity index (χ3v) is 2.84. The number of hydrazine groups is 1. The summed E-state index contributed by atoms with van der Waals surface area (Å²) in [7, 11) is 0. The van der Waals surface area contributed by atoms with Gasteiger partial charge in [-0.2, -0.15) is 0 Å². The average molecular weight is 266 g/mol. The van der Waals surface area contributed by atoms with Crippen molar-refractivity contribution in [1.29, 1.82) is 0 Å². The zero-order valence-corrected chi connectivity index (χ0v) is 11.2. The van der Waals surface area contributed by atoms with Crippen molar-refractivity contribution >= 4 is 17.3 Å². The number of para-hydroxylation sites is 1. The summed E-state index contributed by atoms with van der Waals surface area (Å²) in [5, 5.41) is 10.9. The monoisotopic (exact) mass is 266 g/mol. The zero-order valence-electron chi connectivity index (χ0n) is 11.2. The number of carbonyl (C=O) groups excluding carboxylic acids is 1. The van der Waals surface area contributed by atoms with Crippen LogP contribution in [0.4, 0.5) is 11.4 Å². The van der Waals surface area contributed by atoms with E-state index < -0.39 is 4.92 Å². The minimum atomic E-state index is -0.572. The van der Waals surface area contributed by atoms with Gasteiger partial charge in [-0.25, -0.2) is 0 Å². The third-order valence-electron chi connectivity index (χ3n) is 2.84. The van der Waals surface area contributed by atoms with E-state index in [2.05, 4.69) is 5.43 Å². The first-order chi connectivity index (χ1) is 8.93. The van der Waals surface area contributed by atoms with Gasteiger partial charge in [-0.15, -0.1) is 0 Å². The second-order valence-electron chi connectivity index (χ2n) is 4.29. The number of nitrogen functional groups attached to an aromatic ring is 1. The number of hydrogen-bond acceptors (Lipinski definition) is 5. The molecule has 3 N–H and O–H groups in total. The smallest absolute Gasteiger partial charge is 0.294 e. The Bertz CT molecular complexity index is 488. The fourth-order valence-electron chi connectivity index (χ4n) is 1.92. The minimum absolute atomic E-state index is 0.00221. The lowest BCUT2D eigenvalue weighted by Gasteiger charge is -2.25. The van der Waals surface area contributed by atoms with Crippen LogP contribution < -0.4 is 11.3 Å². The summed E-state index contributed by atoms with van der Waals surface area (Å²) in [5.41, 5.74) is 2.28. The summed E-state index contributed by atoms with van der Waals surface area (Å²) in [4.78, 5) is 24.3. The molecular weight excluding hydrogens is 248 g/mol. The summed E-state index contributed by atoms with van der Waals surface area (Å²) in [6.07, 6.45) is 0. The number of nitrogens with two attached hydrogens (primary N) is 1. The van der Waals surface area contributed by atoms with Gasteiger partial charge in [-0.3, -0.25) is 20.8 Å². The molecule has 0 bridgehead atoms. The molecule has 1 aromatic rings. The largest absolute Gasteiger partial charge is 0.336 e. The van der Waals surface area contributed by atoms with Gasteiger partial charge in [-0.05, 0) is 26.8 Å². The maximum Gasteiger partial charge on any atom is 0.294 e. The molecule has 1 rings (SSSR count). The molecule has 0 atom stereocenters. The first-order valence-corrected chi connectivity index (χ1v) is 5.99. The van der Waals surface area contributed by atoms with Crippen LogP contribution in [0.15, 0.2) is 18.2 Å². The number of amides is 1. The maximum atomic E-state index is 12.4. The number of hydrogen-bond donors (Lipinski definition) is 2. The number of benzene rings is 1. The highest BCUT2D eigenvalue weighted by Crippen LogP contribution is 2.28. The van der Waals surface area contributed by atoms with Crippen molar-refractivity contribution in [2.75, 3.05) is 12.0 Å². The quantitative estimate of drug-likeness (QED) is 0.480. The van der Waals surface area contributed by atoms with Crippen LogP contribution in [0, 0.1) is 10.1 Å². The Labute approximate surface area is 111 Å². The van der Waals surface area contributed by atoms with Gasteiger partial charge in [0.1, 0.15) is 5.69 Å². The van der Waals surface area contributed by atoms with Gasteiger partial charge in [0.05, 0.1) is 10.5 Å². The van der Waals surface area contributed by atoms with E-state index in [0.29, 0.717) is 6.54 Å². The highest BCUT2D eigenvalue weighted by Gasteiger charge is 2.25. The van der Waals surface area contributed by atoms with Gasteiger partial charge in [0.25, 0.3) is 11.6 Å². The van der Waals surface area contributed by atoms with Gasteiger partial charge in [-0.1, -0.05) is 6.07 Å².